The van der Waals surface area contributed by atoms with Crippen LogP contribution in [0.1, 0.15) is 37.8 Å². The quantitative estimate of drug-likeness (QED) is 0.184. The molecule has 0 saturated carbocycles. The van der Waals surface area contributed by atoms with Crippen LogP contribution in [0.15, 0.2) is 71.7 Å². The molecule has 0 bridgehead atoms. The van der Waals surface area contributed by atoms with Gasteiger partial charge in [-0.2, -0.15) is 0 Å². The number of non-ortho nitro benzene ring substituents is 1. The maximum atomic E-state index is 13.6. The van der Waals surface area contributed by atoms with Crippen molar-refractivity contribution in [3.05, 3.63) is 93.8 Å². The molecule has 3 aromatic rings. The number of benzene rings is 3. The molecule has 0 aliphatic carbocycles. The topological polar surface area (TPSA) is 94.0 Å². The van der Waals surface area contributed by atoms with E-state index in [1.165, 1.54) is 24.3 Å². The Balaban J connectivity index is 1.74. The van der Waals surface area contributed by atoms with Crippen LogP contribution in [0.2, 0.25) is 0 Å². The van der Waals surface area contributed by atoms with Gasteiger partial charge in [-0.1, -0.05) is 19.4 Å². The third-order valence-electron chi connectivity index (χ3n) is 5.90. The Hall–Kier alpha value is -4.20. The Kier molecular flexibility index (Phi) is 6.55. The summed E-state index contributed by atoms with van der Waals surface area (Å²) in [5, 5.41) is 11.1. The van der Waals surface area contributed by atoms with Crippen LogP contribution >= 0.6 is 0 Å². The molecule has 180 valence electrons. The van der Waals surface area contributed by atoms with Crippen molar-refractivity contribution < 1.29 is 14.1 Å². The minimum Gasteiger partial charge on any atom is -0.483 e. The molecule has 7 nitrogen and oxygen atoms in total. The molecule has 1 unspecified atom stereocenters. The summed E-state index contributed by atoms with van der Waals surface area (Å²) in [5.41, 5.74) is 9.65. The van der Waals surface area contributed by atoms with Crippen molar-refractivity contribution in [3.63, 3.8) is 0 Å². The van der Waals surface area contributed by atoms with E-state index in [1.54, 1.807) is 29.2 Å². The van der Waals surface area contributed by atoms with Crippen LogP contribution in [-0.2, 0) is 0 Å². The van der Waals surface area contributed by atoms with E-state index in [2.05, 4.69) is 24.9 Å². The van der Waals surface area contributed by atoms with Crippen molar-refractivity contribution in [1.29, 1.82) is 0 Å². The van der Waals surface area contributed by atoms with Crippen molar-refractivity contribution in [2.24, 2.45) is 10.7 Å². The summed E-state index contributed by atoms with van der Waals surface area (Å²) in [6, 6.07) is 15.6. The Labute approximate surface area is 203 Å². The predicted molar refractivity (Wildman–Crippen MR) is 137 cm³/mol. The largest absolute Gasteiger partial charge is 0.483 e. The van der Waals surface area contributed by atoms with Crippen LogP contribution in [0.4, 0.5) is 27.1 Å². The molecule has 1 atom stereocenters. The minimum atomic E-state index is -0.471. The van der Waals surface area contributed by atoms with Gasteiger partial charge in [0.25, 0.3) is 5.69 Å². The number of nitro groups is 1. The Morgan fingerprint density at radius 3 is 2.37 bits per heavy atom. The summed E-state index contributed by atoms with van der Waals surface area (Å²) >= 11 is 0. The van der Waals surface area contributed by atoms with Crippen LogP contribution in [0.5, 0.6) is 5.75 Å². The zero-order valence-electron chi connectivity index (χ0n) is 19.9. The SMILES string of the molecule is CCCC1(C)C=Cc2cc(N=C(N)N(c3ccc(F)cc3)c3ccc([N+](=O)[O-])cc3)c(C)cc2O1. The molecule has 2 N–H and O–H groups in total. The van der Waals surface area contributed by atoms with E-state index in [4.69, 9.17) is 10.5 Å². The minimum absolute atomic E-state index is 0.0456. The third kappa shape index (κ3) is 5.16. The number of anilines is 2. The standard InChI is InChI=1S/C27H27FN4O3/c1-4-14-27(3)15-13-19-17-24(18(2)16-25(19)35-27)30-26(29)31(21-7-5-20(28)6-8-21)22-9-11-23(12-10-22)32(33)34/h5-13,15-17H,4,14H2,1-3H3,(H2,29,30). The van der Waals surface area contributed by atoms with E-state index in [0.29, 0.717) is 17.1 Å². The number of ether oxygens (including phenoxy) is 1. The maximum absolute atomic E-state index is 13.6. The van der Waals surface area contributed by atoms with Gasteiger partial charge in [0.1, 0.15) is 17.2 Å². The fourth-order valence-electron chi connectivity index (χ4n) is 4.11. The van der Waals surface area contributed by atoms with Crippen molar-refractivity contribution in [1.82, 2.24) is 0 Å². The van der Waals surface area contributed by atoms with Gasteiger partial charge in [0.2, 0.25) is 5.96 Å². The van der Waals surface area contributed by atoms with Gasteiger partial charge in [-0.05, 0) is 80.4 Å². The van der Waals surface area contributed by atoms with Gasteiger partial charge in [-0.15, -0.1) is 0 Å². The third-order valence-corrected chi connectivity index (χ3v) is 5.90. The van der Waals surface area contributed by atoms with E-state index >= 15 is 0 Å². The number of guanidine groups is 1. The van der Waals surface area contributed by atoms with E-state index < -0.39 is 4.92 Å². The van der Waals surface area contributed by atoms with Crippen LogP contribution < -0.4 is 15.4 Å². The van der Waals surface area contributed by atoms with E-state index in [1.807, 2.05) is 25.1 Å². The summed E-state index contributed by atoms with van der Waals surface area (Å²) in [7, 11) is 0. The molecular weight excluding hydrogens is 447 g/mol. The van der Waals surface area contributed by atoms with Crippen LogP contribution in [-0.4, -0.2) is 16.5 Å². The molecule has 0 spiro atoms. The highest BCUT2D eigenvalue weighted by atomic mass is 19.1. The monoisotopic (exact) mass is 474 g/mol. The predicted octanol–water partition coefficient (Wildman–Crippen LogP) is 6.79. The van der Waals surface area contributed by atoms with Gasteiger partial charge >= 0.3 is 0 Å². The second-order valence-electron chi connectivity index (χ2n) is 8.73. The number of nitrogens with zero attached hydrogens (tertiary/aromatic N) is 3. The number of aliphatic imine (C=N–C) groups is 1. The first kappa shape index (κ1) is 23.9. The van der Waals surface area contributed by atoms with Gasteiger partial charge in [-0.25, -0.2) is 9.38 Å². The summed E-state index contributed by atoms with van der Waals surface area (Å²) in [6.07, 6.45) is 6.02. The number of hydrogen-bond donors (Lipinski definition) is 1. The average Bonchev–Trinajstić information content (AvgIpc) is 2.81. The number of hydrogen-bond acceptors (Lipinski definition) is 4. The lowest BCUT2D eigenvalue weighted by atomic mass is 9.95. The number of nitro benzene ring substituents is 1. The molecule has 0 amide bonds. The van der Waals surface area contributed by atoms with Gasteiger partial charge in [-0.3, -0.25) is 15.0 Å². The van der Waals surface area contributed by atoms with Gasteiger partial charge in [0.15, 0.2) is 0 Å². The lowest BCUT2D eigenvalue weighted by molar-refractivity contribution is -0.384. The molecule has 0 fully saturated rings. The first-order valence-electron chi connectivity index (χ1n) is 11.4. The van der Waals surface area contributed by atoms with Crippen molar-refractivity contribution in [3.8, 4) is 5.75 Å². The highest BCUT2D eigenvalue weighted by Gasteiger charge is 2.27. The molecule has 1 heterocycles. The molecule has 0 aromatic heterocycles. The fourth-order valence-corrected chi connectivity index (χ4v) is 4.11. The zero-order valence-corrected chi connectivity index (χ0v) is 19.9. The van der Waals surface area contributed by atoms with Crippen molar-refractivity contribution >= 4 is 34.8 Å². The van der Waals surface area contributed by atoms with E-state index in [0.717, 1.165) is 29.7 Å². The molecule has 8 heteroatoms. The first-order chi connectivity index (χ1) is 16.7. The lowest BCUT2D eigenvalue weighted by Gasteiger charge is -2.32. The second kappa shape index (κ2) is 9.58. The first-order valence-corrected chi connectivity index (χ1v) is 11.4. The van der Waals surface area contributed by atoms with E-state index in [-0.39, 0.29) is 23.1 Å². The Bertz CT molecular complexity index is 1300. The molecule has 0 saturated heterocycles. The van der Waals surface area contributed by atoms with E-state index in [9.17, 15) is 14.5 Å². The van der Waals surface area contributed by atoms with Crippen LogP contribution in [0, 0.1) is 22.9 Å². The van der Waals surface area contributed by atoms with Crippen LogP contribution in [0.25, 0.3) is 6.08 Å². The summed E-state index contributed by atoms with van der Waals surface area (Å²) in [6.45, 7) is 6.13. The summed E-state index contributed by atoms with van der Waals surface area (Å²) in [4.78, 5) is 16.9. The normalized spacial score (nSPS) is 17.0. The zero-order chi connectivity index (χ0) is 25.2. The number of nitrogens with two attached hydrogens (primary N) is 1. The maximum Gasteiger partial charge on any atom is 0.269 e. The molecule has 3 aromatic carbocycles. The second-order valence-corrected chi connectivity index (χ2v) is 8.73. The van der Waals surface area contributed by atoms with Crippen molar-refractivity contribution in [2.45, 2.75) is 39.2 Å². The molecule has 1 aliphatic heterocycles. The Morgan fingerprint density at radius 1 is 1.14 bits per heavy atom. The number of aryl methyl sites for hydroxylation is 1. The van der Waals surface area contributed by atoms with Crippen molar-refractivity contribution in [2.75, 3.05) is 4.90 Å². The molecule has 35 heavy (non-hydrogen) atoms. The molecule has 0 radical (unpaired) electrons. The van der Waals surface area contributed by atoms with Gasteiger partial charge in [0, 0.05) is 29.1 Å². The smallest absolute Gasteiger partial charge is 0.269 e. The molecule has 4 rings (SSSR count). The average molecular weight is 475 g/mol. The molecule has 1 aliphatic rings. The number of halogens is 1. The van der Waals surface area contributed by atoms with Gasteiger partial charge < -0.3 is 10.5 Å². The molecular formula is C27H27FN4O3. The number of rotatable bonds is 6. The summed E-state index contributed by atoms with van der Waals surface area (Å²) < 4.78 is 19.8. The lowest BCUT2D eigenvalue weighted by Crippen LogP contribution is -2.33. The Morgan fingerprint density at radius 2 is 1.77 bits per heavy atom. The highest BCUT2D eigenvalue weighted by molar-refractivity contribution is 6.03. The van der Waals surface area contributed by atoms with Gasteiger partial charge in [0.05, 0.1) is 10.6 Å². The number of fused-ring (bicyclic) bond motifs is 1. The fraction of sp³-hybridized carbons (Fsp3) is 0.222. The highest BCUT2D eigenvalue weighted by Crippen LogP contribution is 2.38. The van der Waals surface area contributed by atoms with Crippen LogP contribution in [0.3, 0.4) is 0 Å². The summed E-state index contributed by atoms with van der Waals surface area (Å²) in [5.74, 6) is 0.537.